The monoisotopic (exact) mass is 243 g/mol. The van der Waals surface area contributed by atoms with E-state index < -0.39 is 0 Å². The predicted molar refractivity (Wildman–Crippen MR) is 75.3 cm³/mol. The molecule has 0 radical (unpaired) electrons. The van der Waals surface area contributed by atoms with Crippen LogP contribution in [0.15, 0.2) is 30.3 Å². The Morgan fingerprint density at radius 2 is 1.83 bits per heavy atom. The Labute approximate surface area is 109 Å². The number of amides is 1. The van der Waals surface area contributed by atoms with E-state index in [1.54, 1.807) is 6.08 Å². The van der Waals surface area contributed by atoms with Crippen molar-refractivity contribution in [1.82, 2.24) is 4.90 Å². The number of carbonyl (C=O) groups is 1. The first kappa shape index (κ1) is 12.9. The Morgan fingerprint density at radius 3 is 2.44 bits per heavy atom. The normalized spacial score (nSPS) is 16.2. The van der Waals surface area contributed by atoms with Gasteiger partial charge in [0, 0.05) is 19.2 Å². The fourth-order valence-electron chi connectivity index (χ4n) is 2.25. The standard InChI is InChI=1S/C16H21NO/c1-2-14-6-8-15(9-7-14)10-11-16(18)17-12-4-3-5-13-17/h6-11H,2-5,12-13H2,1H3/b11-10+. The van der Waals surface area contributed by atoms with Gasteiger partial charge in [0.05, 0.1) is 0 Å². The van der Waals surface area contributed by atoms with Crippen molar-refractivity contribution in [2.24, 2.45) is 0 Å². The Kier molecular flexibility index (Phi) is 4.57. The molecule has 2 rings (SSSR count). The minimum atomic E-state index is 0.147. The molecule has 1 heterocycles. The Balaban J connectivity index is 1.94. The number of piperidine rings is 1. The summed E-state index contributed by atoms with van der Waals surface area (Å²) in [7, 11) is 0. The van der Waals surface area contributed by atoms with Gasteiger partial charge in [-0.1, -0.05) is 31.2 Å². The maximum Gasteiger partial charge on any atom is 0.246 e. The van der Waals surface area contributed by atoms with Gasteiger partial charge in [0.2, 0.25) is 5.91 Å². The first-order chi connectivity index (χ1) is 8.79. The van der Waals surface area contributed by atoms with E-state index >= 15 is 0 Å². The molecule has 1 aromatic carbocycles. The number of hydrogen-bond donors (Lipinski definition) is 0. The minimum Gasteiger partial charge on any atom is -0.339 e. The van der Waals surface area contributed by atoms with Crippen molar-refractivity contribution in [3.63, 3.8) is 0 Å². The van der Waals surface area contributed by atoms with Crippen molar-refractivity contribution < 1.29 is 4.79 Å². The number of rotatable bonds is 3. The smallest absolute Gasteiger partial charge is 0.246 e. The van der Waals surface area contributed by atoms with Gasteiger partial charge in [-0.15, -0.1) is 0 Å². The van der Waals surface area contributed by atoms with Crippen molar-refractivity contribution in [3.8, 4) is 0 Å². The second kappa shape index (κ2) is 6.39. The van der Waals surface area contributed by atoms with Crippen molar-refractivity contribution >= 4 is 12.0 Å². The molecule has 0 spiro atoms. The van der Waals surface area contributed by atoms with Crippen LogP contribution in [0, 0.1) is 0 Å². The van der Waals surface area contributed by atoms with Crippen LogP contribution in [0.4, 0.5) is 0 Å². The van der Waals surface area contributed by atoms with Gasteiger partial charge in [0.1, 0.15) is 0 Å². The van der Waals surface area contributed by atoms with Crippen LogP contribution in [0.5, 0.6) is 0 Å². The van der Waals surface area contributed by atoms with Crippen LogP contribution in [0.25, 0.3) is 6.08 Å². The molecule has 0 atom stereocenters. The van der Waals surface area contributed by atoms with E-state index in [4.69, 9.17) is 0 Å². The third kappa shape index (κ3) is 3.46. The van der Waals surface area contributed by atoms with Crippen LogP contribution in [0.1, 0.15) is 37.3 Å². The van der Waals surface area contributed by atoms with E-state index in [0.29, 0.717) is 0 Å². The third-order valence-electron chi connectivity index (χ3n) is 3.47. The van der Waals surface area contributed by atoms with Crippen molar-refractivity contribution in [2.45, 2.75) is 32.6 Å². The summed E-state index contributed by atoms with van der Waals surface area (Å²) in [4.78, 5) is 13.9. The largest absolute Gasteiger partial charge is 0.339 e. The summed E-state index contributed by atoms with van der Waals surface area (Å²) in [5.41, 5.74) is 2.42. The summed E-state index contributed by atoms with van der Waals surface area (Å²) in [6.07, 6.45) is 8.21. The number of carbonyl (C=O) groups excluding carboxylic acids is 1. The maximum atomic E-state index is 11.9. The predicted octanol–water partition coefficient (Wildman–Crippen LogP) is 3.27. The highest BCUT2D eigenvalue weighted by Crippen LogP contribution is 2.11. The average Bonchev–Trinajstić information content (AvgIpc) is 2.46. The van der Waals surface area contributed by atoms with Crippen LogP contribution >= 0.6 is 0 Å². The second-order valence-electron chi connectivity index (χ2n) is 4.81. The SMILES string of the molecule is CCc1ccc(/C=C/C(=O)N2CCCCC2)cc1. The van der Waals surface area contributed by atoms with Gasteiger partial charge in [0.25, 0.3) is 0 Å². The molecule has 0 N–H and O–H groups in total. The van der Waals surface area contributed by atoms with Crippen molar-refractivity contribution in [3.05, 3.63) is 41.5 Å². The lowest BCUT2D eigenvalue weighted by Gasteiger charge is -2.25. The van der Waals surface area contributed by atoms with Gasteiger partial charge in [-0.25, -0.2) is 0 Å². The zero-order chi connectivity index (χ0) is 12.8. The zero-order valence-electron chi connectivity index (χ0n) is 11.1. The average molecular weight is 243 g/mol. The quantitative estimate of drug-likeness (QED) is 0.746. The summed E-state index contributed by atoms with van der Waals surface area (Å²) in [5.74, 6) is 0.147. The lowest BCUT2D eigenvalue weighted by atomic mass is 10.1. The van der Waals surface area contributed by atoms with Crippen LogP contribution in [0.2, 0.25) is 0 Å². The zero-order valence-corrected chi connectivity index (χ0v) is 11.1. The first-order valence-corrected chi connectivity index (χ1v) is 6.85. The molecule has 0 bridgehead atoms. The molecule has 1 fully saturated rings. The molecule has 18 heavy (non-hydrogen) atoms. The lowest BCUT2D eigenvalue weighted by Crippen LogP contribution is -2.34. The highest BCUT2D eigenvalue weighted by Gasteiger charge is 2.13. The summed E-state index contributed by atoms with van der Waals surface area (Å²) in [6, 6.07) is 8.37. The molecular weight excluding hydrogens is 222 g/mol. The van der Waals surface area contributed by atoms with Gasteiger partial charge in [-0.3, -0.25) is 4.79 Å². The molecule has 0 aromatic heterocycles. The third-order valence-corrected chi connectivity index (χ3v) is 3.47. The molecule has 1 aliphatic rings. The summed E-state index contributed by atoms with van der Waals surface area (Å²) in [6.45, 7) is 3.97. The number of likely N-dealkylation sites (tertiary alicyclic amines) is 1. The Morgan fingerprint density at radius 1 is 1.17 bits per heavy atom. The van der Waals surface area contributed by atoms with Gasteiger partial charge < -0.3 is 4.90 Å². The van der Waals surface area contributed by atoms with Gasteiger partial charge in [-0.2, -0.15) is 0 Å². The Bertz CT molecular complexity index is 413. The molecule has 1 aromatic rings. The summed E-state index contributed by atoms with van der Waals surface area (Å²) >= 11 is 0. The fourth-order valence-corrected chi connectivity index (χ4v) is 2.25. The van der Waals surface area contributed by atoms with Gasteiger partial charge >= 0.3 is 0 Å². The van der Waals surface area contributed by atoms with Crippen molar-refractivity contribution in [1.29, 1.82) is 0 Å². The highest BCUT2D eigenvalue weighted by atomic mass is 16.2. The first-order valence-electron chi connectivity index (χ1n) is 6.85. The molecule has 1 aliphatic heterocycles. The molecule has 1 amide bonds. The molecule has 0 aliphatic carbocycles. The number of nitrogens with zero attached hydrogens (tertiary/aromatic N) is 1. The van der Waals surface area contributed by atoms with Crippen LogP contribution < -0.4 is 0 Å². The number of aryl methyl sites for hydroxylation is 1. The minimum absolute atomic E-state index is 0.147. The molecule has 2 heteroatoms. The van der Waals surface area contributed by atoms with Gasteiger partial charge in [-0.05, 0) is 42.9 Å². The molecular formula is C16H21NO. The lowest BCUT2D eigenvalue weighted by molar-refractivity contribution is -0.126. The highest BCUT2D eigenvalue weighted by molar-refractivity contribution is 5.91. The molecule has 1 saturated heterocycles. The molecule has 0 unspecified atom stereocenters. The maximum absolute atomic E-state index is 11.9. The van der Waals surface area contributed by atoms with E-state index in [2.05, 4.69) is 31.2 Å². The van der Waals surface area contributed by atoms with Crippen LogP contribution in [-0.2, 0) is 11.2 Å². The van der Waals surface area contributed by atoms with E-state index in [1.165, 1.54) is 12.0 Å². The van der Waals surface area contributed by atoms with E-state index in [-0.39, 0.29) is 5.91 Å². The topological polar surface area (TPSA) is 20.3 Å². The number of hydrogen-bond acceptors (Lipinski definition) is 1. The second-order valence-corrected chi connectivity index (χ2v) is 4.81. The molecule has 2 nitrogen and oxygen atoms in total. The Hall–Kier alpha value is -1.57. The number of benzene rings is 1. The van der Waals surface area contributed by atoms with E-state index in [1.807, 2.05) is 11.0 Å². The van der Waals surface area contributed by atoms with Gasteiger partial charge in [0.15, 0.2) is 0 Å². The fraction of sp³-hybridized carbons (Fsp3) is 0.438. The summed E-state index contributed by atoms with van der Waals surface area (Å²) < 4.78 is 0. The molecule has 96 valence electrons. The van der Waals surface area contributed by atoms with E-state index in [0.717, 1.165) is 37.9 Å². The summed E-state index contributed by atoms with van der Waals surface area (Å²) in [5, 5.41) is 0. The van der Waals surface area contributed by atoms with Crippen LogP contribution in [-0.4, -0.2) is 23.9 Å². The van der Waals surface area contributed by atoms with Crippen LogP contribution in [0.3, 0.4) is 0 Å². The molecule has 0 saturated carbocycles. The van der Waals surface area contributed by atoms with Crippen molar-refractivity contribution in [2.75, 3.05) is 13.1 Å². The van der Waals surface area contributed by atoms with E-state index in [9.17, 15) is 4.79 Å².